The molecule has 8 heteroatoms. The van der Waals surface area contributed by atoms with E-state index < -0.39 is 0 Å². The molecule has 4 rings (SSSR count). The third-order valence-electron chi connectivity index (χ3n) is 5.25. The summed E-state index contributed by atoms with van der Waals surface area (Å²) in [6.07, 6.45) is 0. The number of hydrogen-bond acceptors (Lipinski definition) is 8. The smallest absolute Gasteiger partial charge is 0.241 e. The zero-order valence-electron chi connectivity index (χ0n) is 18.0. The molecule has 8 nitrogen and oxygen atoms in total. The Kier molecular flexibility index (Phi) is 5.94. The lowest BCUT2D eigenvalue weighted by molar-refractivity contribution is 0.215. The molecule has 0 atom stereocenters. The third-order valence-corrected chi connectivity index (χ3v) is 5.25. The lowest BCUT2D eigenvalue weighted by Crippen LogP contribution is -2.46. The van der Waals surface area contributed by atoms with Crippen LogP contribution in [0.15, 0.2) is 34.9 Å². The molecule has 0 unspecified atom stereocenters. The van der Waals surface area contributed by atoms with Crippen molar-refractivity contribution in [3.63, 3.8) is 0 Å². The molecule has 1 fully saturated rings. The summed E-state index contributed by atoms with van der Waals surface area (Å²) in [7, 11) is 1.64. The summed E-state index contributed by atoms with van der Waals surface area (Å²) in [5, 5.41) is 4.14. The van der Waals surface area contributed by atoms with E-state index in [-0.39, 0.29) is 0 Å². The van der Waals surface area contributed by atoms with Crippen LogP contribution in [-0.4, -0.2) is 58.3 Å². The third kappa shape index (κ3) is 4.43. The van der Waals surface area contributed by atoms with Gasteiger partial charge in [0, 0.05) is 43.9 Å². The SMILES string of the molecule is COc1ccccc1-c1noc(CN2CCN(c3cc(C)nc(C(C)C)n3)CC2)n1. The van der Waals surface area contributed by atoms with Gasteiger partial charge in [-0.05, 0) is 19.1 Å². The minimum atomic E-state index is 0.319. The average Bonchev–Trinajstić information content (AvgIpc) is 3.22. The maximum absolute atomic E-state index is 5.50. The van der Waals surface area contributed by atoms with Crippen molar-refractivity contribution in [2.75, 3.05) is 38.2 Å². The van der Waals surface area contributed by atoms with Crippen molar-refractivity contribution in [1.82, 2.24) is 25.0 Å². The first-order valence-electron chi connectivity index (χ1n) is 10.3. The van der Waals surface area contributed by atoms with Gasteiger partial charge in [0.05, 0.1) is 19.2 Å². The fraction of sp³-hybridized carbons (Fsp3) is 0.455. The first-order valence-corrected chi connectivity index (χ1v) is 10.3. The molecule has 0 radical (unpaired) electrons. The second-order valence-corrected chi connectivity index (χ2v) is 7.86. The first-order chi connectivity index (χ1) is 14.5. The van der Waals surface area contributed by atoms with Crippen LogP contribution in [0.4, 0.5) is 5.82 Å². The molecule has 1 aliphatic heterocycles. The summed E-state index contributed by atoms with van der Waals surface area (Å²) in [6, 6.07) is 9.75. The predicted octanol–water partition coefficient (Wildman–Crippen LogP) is 3.29. The van der Waals surface area contributed by atoms with Crippen molar-refractivity contribution in [3.05, 3.63) is 47.7 Å². The molecule has 158 valence electrons. The Labute approximate surface area is 176 Å². The molecule has 0 aliphatic carbocycles. The first kappa shape index (κ1) is 20.3. The Morgan fingerprint density at radius 3 is 2.57 bits per heavy atom. The van der Waals surface area contributed by atoms with Crippen molar-refractivity contribution >= 4 is 5.82 Å². The topological polar surface area (TPSA) is 80.4 Å². The minimum Gasteiger partial charge on any atom is -0.496 e. The molecule has 3 aromatic rings. The Balaban J connectivity index is 1.38. The molecule has 2 aromatic heterocycles. The largest absolute Gasteiger partial charge is 0.496 e. The second kappa shape index (κ2) is 8.79. The van der Waals surface area contributed by atoms with E-state index in [1.54, 1.807) is 7.11 Å². The van der Waals surface area contributed by atoms with Gasteiger partial charge in [0.1, 0.15) is 17.4 Å². The Morgan fingerprint density at radius 2 is 1.83 bits per heavy atom. The minimum absolute atomic E-state index is 0.319. The van der Waals surface area contributed by atoms with Crippen LogP contribution in [0.1, 0.15) is 37.2 Å². The van der Waals surface area contributed by atoms with Crippen molar-refractivity contribution in [2.45, 2.75) is 33.2 Å². The van der Waals surface area contributed by atoms with E-state index in [2.05, 4.69) is 44.8 Å². The number of anilines is 1. The summed E-state index contributed by atoms with van der Waals surface area (Å²) in [6.45, 7) is 10.5. The second-order valence-electron chi connectivity index (χ2n) is 7.86. The quantitative estimate of drug-likeness (QED) is 0.615. The van der Waals surface area contributed by atoms with Crippen LogP contribution in [-0.2, 0) is 6.54 Å². The molecule has 1 aromatic carbocycles. The van der Waals surface area contributed by atoms with Gasteiger partial charge in [-0.25, -0.2) is 9.97 Å². The molecule has 3 heterocycles. The fourth-order valence-electron chi connectivity index (χ4n) is 3.58. The van der Waals surface area contributed by atoms with Gasteiger partial charge in [-0.2, -0.15) is 4.98 Å². The number of aryl methyl sites for hydroxylation is 1. The van der Waals surface area contributed by atoms with Gasteiger partial charge in [0.25, 0.3) is 0 Å². The van der Waals surface area contributed by atoms with Crippen LogP contribution in [0.3, 0.4) is 0 Å². The van der Waals surface area contributed by atoms with Crippen molar-refractivity contribution in [3.8, 4) is 17.1 Å². The van der Waals surface area contributed by atoms with E-state index in [1.165, 1.54) is 0 Å². The number of hydrogen-bond donors (Lipinski definition) is 0. The Hall–Kier alpha value is -3.00. The summed E-state index contributed by atoms with van der Waals surface area (Å²) in [5.74, 6) is 4.15. The molecule has 0 N–H and O–H groups in total. The maximum Gasteiger partial charge on any atom is 0.241 e. The summed E-state index contributed by atoms with van der Waals surface area (Å²) in [4.78, 5) is 18.5. The number of methoxy groups -OCH3 is 1. The number of piperazine rings is 1. The molecule has 1 saturated heterocycles. The van der Waals surface area contributed by atoms with Gasteiger partial charge in [-0.1, -0.05) is 31.1 Å². The highest BCUT2D eigenvalue weighted by atomic mass is 16.5. The summed E-state index contributed by atoms with van der Waals surface area (Å²) >= 11 is 0. The highest BCUT2D eigenvalue weighted by Gasteiger charge is 2.22. The lowest BCUT2D eigenvalue weighted by Gasteiger charge is -2.34. The number of para-hydroxylation sites is 1. The zero-order valence-corrected chi connectivity index (χ0v) is 18.0. The van der Waals surface area contributed by atoms with Gasteiger partial charge in [-0.3, -0.25) is 4.90 Å². The number of rotatable bonds is 6. The molecule has 30 heavy (non-hydrogen) atoms. The number of ether oxygens (including phenoxy) is 1. The standard InChI is InChI=1S/C22H28N6O2/c1-15(2)21-23-16(3)13-19(24-21)28-11-9-27(10-12-28)14-20-25-22(26-30-20)17-7-5-6-8-18(17)29-4/h5-8,13,15H,9-12,14H2,1-4H3. The van der Waals surface area contributed by atoms with Crippen LogP contribution in [0.25, 0.3) is 11.4 Å². The van der Waals surface area contributed by atoms with E-state index in [0.717, 1.165) is 54.8 Å². The van der Waals surface area contributed by atoms with Gasteiger partial charge in [0.15, 0.2) is 0 Å². The highest BCUT2D eigenvalue weighted by Crippen LogP contribution is 2.27. The Morgan fingerprint density at radius 1 is 1.07 bits per heavy atom. The van der Waals surface area contributed by atoms with Crippen molar-refractivity contribution < 1.29 is 9.26 Å². The molecule has 0 amide bonds. The summed E-state index contributed by atoms with van der Waals surface area (Å²) < 4.78 is 10.9. The number of aromatic nitrogens is 4. The Bertz CT molecular complexity index is 995. The molecule has 0 bridgehead atoms. The van der Waals surface area contributed by atoms with Gasteiger partial charge < -0.3 is 14.2 Å². The van der Waals surface area contributed by atoms with Crippen molar-refractivity contribution in [2.24, 2.45) is 0 Å². The van der Waals surface area contributed by atoms with E-state index >= 15 is 0 Å². The normalized spacial score (nSPS) is 15.0. The molecule has 0 spiro atoms. The maximum atomic E-state index is 5.50. The average molecular weight is 409 g/mol. The van der Waals surface area contributed by atoms with Gasteiger partial charge in [0.2, 0.25) is 11.7 Å². The highest BCUT2D eigenvalue weighted by molar-refractivity contribution is 5.63. The number of benzene rings is 1. The van der Waals surface area contributed by atoms with Gasteiger partial charge >= 0.3 is 0 Å². The van der Waals surface area contributed by atoms with Crippen LogP contribution < -0.4 is 9.64 Å². The zero-order chi connectivity index (χ0) is 21.1. The monoisotopic (exact) mass is 408 g/mol. The molecular formula is C22H28N6O2. The lowest BCUT2D eigenvalue weighted by atomic mass is 10.2. The fourth-order valence-corrected chi connectivity index (χ4v) is 3.58. The number of nitrogens with zero attached hydrogens (tertiary/aromatic N) is 6. The van der Waals surface area contributed by atoms with Gasteiger partial charge in [-0.15, -0.1) is 0 Å². The summed E-state index contributed by atoms with van der Waals surface area (Å²) in [5.41, 5.74) is 1.85. The van der Waals surface area contributed by atoms with E-state index in [1.807, 2.05) is 31.2 Å². The van der Waals surface area contributed by atoms with E-state index in [4.69, 9.17) is 14.2 Å². The van der Waals surface area contributed by atoms with E-state index in [9.17, 15) is 0 Å². The van der Waals surface area contributed by atoms with E-state index in [0.29, 0.717) is 24.2 Å². The molecule has 1 aliphatic rings. The van der Waals surface area contributed by atoms with Crippen LogP contribution in [0.5, 0.6) is 5.75 Å². The predicted molar refractivity (Wildman–Crippen MR) is 115 cm³/mol. The molecule has 0 saturated carbocycles. The molecular weight excluding hydrogens is 380 g/mol. The van der Waals surface area contributed by atoms with Crippen molar-refractivity contribution in [1.29, 1.82) is 0 Å². The van der Waals surface area contributed by atoms with Crippen LogP contribution >= 0.6 is 0 Å². The van der Waals surface area contributed by atoms with Crippen LogP contribution in [0, 0.1) is 6.92 Å². The van der Waals surface area contributed by atoms with Crippen LogP contribution in [0.2, 0.25) is 0 Å².